The smallest absolute Gasteiger partial charge is 0.410 e. The second-order valence-electron chi connectivity index (χ2n) is 5.71. The number of hydrogen-bond acceptors (Lipinski definition) is 3. The summed E-state index contributed by atoms with van der Waals surface area (Å²) in [6.45, 7) is 0. The minimum absolute atomic E-state index is 0.322. The summed E-state index contributed by atoms with van der Waals surface area (Å²) in [5, 5.41) is 2.55. The van der Waals surface area contributed by atoms with E-state index in [2.05, 4.69) is 0 Å². The van der Waals surface area contributed by atoms with Gasteiger partial charge in [-0.05, 0) is 66.1 Å². The van der Waals surface area contributed by atoms with Crippen LogP contribution in [0.2, 0.25) is 5.02 Å². The molecular weight excluding hydrogens is 373 g/mol. The highest BCUT2D eigenvalue weighted by Gasteiger charge is 2.33. The molecule has 1 unspecified atom stereocenters. The first-order valence-corrected chi connectivity index (χ1v) is 9.15. The number of halogens is 2. The molecule has 0 spiro atoms. The van der Waals surface area contributed by atoms with Crippen molar-refractivity contribution in [3.63, 3.8) is 0 Å². The fourth-order valence-electron chi connectivity index (χ4n) is 2.81. The highest BCUT2D eigenvalue weighted by Crippen LogP contribution is 2.38. The molecular formula is C20H13ClFNO2S. The minimum Gasteiger partial charge on any atom is -0.410 e. The van der Waals surface area contributed by atoms with Crippen LogP contribution < -0.4 is 4.90 Å². The number of carbonyl (C=O) groups excluding carboxylic acids is 1. The van der Waals surface area contributed by atoms with Crippen molar-refractivity contribution >= 4 is 40.5 Å². The normalized spacial score (nSPS) is 17.0. The average molecular weight is 386 g/mol. The fourth-order valence-corrected chi connectivity index (χ4v) is 3.72. The van der Waals surface area contributed by atoms with E-state index < -0.39 is 6.09 Å². The first-order valence-electron chi connectivity index (χ1n) is 7.89. The molecule has 1 aromatic heterocycles. The second kappa shape index (κ2) is 6.94. The predicted molar refractivity (Wildman–Crippen MR) is 102 cm³/mol. The highest BCUT2D eigenvalue weighted by atomic mass is 35.5. The monoisotopic (exact) mass is 385 g/mol. The van der Waals surface area contributed by atoms with Gasteiger partial charge in [-0.1, -0.05) is 17.7 Å². The molecule has 1 atom stereocenters. The highest BCUT2D eigenvalue weighted by molar-refractivity contribution is 7.10. The Bertz CT molecular complexity index is 952. The van der Waals surface area contributed by atoms with E-state index in [0.29, 0.717) is 22.0 Å². The Kier molecular flexibility index (Phi) is 4.49. The van der Waals surface area contributed by atoms with Crippen molar-refractivity contribution in [3.8, 4) is 0 Å². The van der Waals surface area contributed by atoms with Crippen molar-refractivity contribution in [1.29, 1.82) is 0 Å². The number of amides is 1. The van der Waals surface area contributed by atoms with Crippen molar-refractivity contribution < 1.29 is 13.9 Å². The summed E-state index contributed by atoms with van der Waals surface area (Å²) in [5.74, 6) is 0.0766. The lowest BCUT2D eigenvalue weighted by Gasteiger charge is -2.33. The lowest BCUT2D eigenvalue weighted by atomic mass is 10.1. The Balaban J connectivity index is 1.79. The third-order valence-corrected chi connectivity index (χ3v) is 5.24. The SMILES string of the molecule is O=C1OC(c2ccc(F)cc2)=CC(c2cccs2)N1c1ccc(Cl)cc1. The number of nitrogens with zero attached hydrogens (tertiary/aromatic N) is 1. The summed E-state index contributed by atoms with van der Waals surface area (Å²) < 4.78 is 18.7. The van der Waals surface area contributed by atoms with Crippen molar-refractivity contribution in [2.75, 3.05) is 4.90 Å². The maximum atomic E-state index is 13.2. The van der Waals surface area contributed by atoms with Gasteiger partial charge in [-0.3, -0.25) is 4.90 Å². The fraction of sp³-hybridized carbons (Fsp3) is 0.0500. The van der Waals surface area contributed by atoms with E-state index in [-0.39, 0.29) is 11.9 Å². The van der Waals surface area contributed by atoms with E-state index in [1.54, 1.807) is 52.6 Å². The largest absolute Gasteiger partial charge is 0.420 e. The van der Waals surface area contributed by atoms with E-state index in [1.165, 1.54) is 12.1 Å². The van der Waals surface area contributed by atoms with Crippen molar-refractivity contribution in [2.45, 2.75) is 6.04 Å². The van der Waals surface area contributed by atoms with E-state index in [9.17, 15) is 9.18 Å². The zero-order valence-corrected chi connectivity index (χ0v) is 15.0. The Morgan fingerprint density at radius 3 is 2.42 bits per heavy atom. The summed E-state index contributed by atoms with van der Waals surface area (Å²) in [6.07, 6.45) is 1.38. The number of benzene rings is 2. The Morgan fingerprint density at radius 2 is 1.77 bits per heavy atom. The lowest BCUT2D eigenvalue weighted by molar-refractivity contribution is 0.194. The van der Waals surface area contributed by atoms with Gasteiger partial charge in [-0.25, -0.2) is 9.18 Å². The zero-order valence-electron chi connectivity index (χ0n) is 13.4. The van der Waals surface area contributed by atoms with Crippen LogP contribution in [0.15, 0.2) is 72.1 Å². The molecule has 130 valence electrons. The van der Waals surface area contributed by atoms with Gasteiger partial charge in [0.25, 0.3) is 0 Å². The van der Waals surface area contributed by atoms with Crippen molar-refractivity contribution in [1.82, 2.24) is 0 Å². The third-order valence-electron chi connectivity index (χ3n) is 4.05. The third kappa shape index (κ3) is 3.23. The number of thiophene rings is 1. The van der Waals surface area contributed by atoms with Crippen LogP contribution in [0, 0.1) is 5.82 Å². The van der Waals surface area contributed by atoms with Crippen LogP contribution in [0.25, 0.3) is 5.76 Å². The molecule has 4 rings (SSSR count). The van der Waals surface area contributed by atoms with Gasteiger partial charge in [0.05, 0.1) is 6.04 Å². The quantitative estimate of drug-likeness (QED) is 0.531. The van der Waals surface area contributed by atoms with Gasteiger partial charge in [0.15, 0.2) is 0 Å². The number of hydrogen-bond donors (Lipinski definition) is 0. The van der Waals surface area contributed by atoms with Gasteiger partial charge in [0, 0.05) is 21.2 Å². The van der Waals surface area contributed by atoms with Crippen LogP contribution in [0.1, 0.15) is 16.5 Å². The van der Waals surface area contributed by atoms with E-state index in [1.807, 2.05) is 23.6 Å². The van der Waals surface area contributed by atoms with Crippen LogP contribution >= 0.6 is 22.9 Å². The van der Waals surface area contributed by atoms with E-state index >= 15 is 0 Å². The summed E-state index contributed by atoms with van der Waals surface area (Å²) in [5.41, 5.74) is 1.34. The van der Waals surface area contributed by atoms with Crippen LogP contribution in [0.5, 0.6) is 0 Å². The average Bonchev–Trinajstić information content (AvgIpc) is 3.17. The van der Waals surface area contributed by atoms with E-state index in [0.717, 1.165) is 4.88 Å². The van der Waals surface area contributed by atoms with Crippen LogP contribution in [0.4, 0.5) is 14.9 Å². The van der Waals surface area contributed by atoms with Gasteiger partial charge in [-0.15, -0.1) is 11.3 Å². The van der Waals surface area contributed by atoms with Crippen molar-refractivity contribution in [3.05, 3.63) is 93.4 Å². The number of ether oxygens (including phenoxy) is 1. The molecule has 1 aliphatic rings. The Labute approximate surface area is 158 Å². The molecule has 2 aromatic carbocycles. The predicted octanol–water partition coefficient (Wildman–Crippen LogP) is 6.28. The molecule has 0 saturated carbocycles. The summed E-state index contributed by atoms with van der Waals surface area (Å²) in [4.78, 5) is 15.4. The molecule has 2 heterocycles. The molecule has 0 fully saturated rings. The number of carbonyl (C=O) groups is 1. The van der Waals surface area contributed by atoms with Crippen LogP contribution in [-0.4, -0.2) is 6.09 Å². The molecule has 0 saturated heterocycles. The minimum atomic E-state index is -0.493. The number of rotatable bonds is 3. The van der Waals surface area contributed by atoms with Gasteiger partial charge in [-0.2, -0.15) is 0 Å². The maximum absolute atomic E-state index is 13.2. The first-order chi connectivity index (χ1) is 12.6. The van der Waals surface area contributed by atoms with Crippen LogP contribution in [0.3, 0.4) is 0 Å². The van der Waals surface area contributed by atoms with E-state index in [4.69, 9.17) is 16.3 Å². The molecule has 0 aliphatic carbocycles. The number of anilines is 1. The lowest BCUT2D eigenvalue weighted by Crippen LogP contribution is -2.37. The van der Waals surface area contributed by atoms with Gasteiger partial charge >= 0.3 is 6.09 Å². The van der Waals surface area contributed by atoms with Crippen LogP contribution in [-0.2, 0) is 4.74 Å². The molecule has 0 N–H and O–H groups in total. The summed E-state index contributed by atoms with van der Waals surface area (Å²) in [7, 11) is 0. The standard InChI is InChI=1S/C20H13ClFNO2S/c21-14-5-9-16(10-6-14)23-17(19-2-1-11-26-19)12-18(25-20(23)24)13-3-7-15(22)8-4-13/h1-12,17H. The Morgan fingerprint density at radius 1 is 1.04 bits per heavy atom. The molecule has 6 heteroatoms. The topological polar surface area (TPSA) is 29.5 Å². The first kappa shape index (κ1) is 16.8. The second-order valence-corrected chi connectivity index (χ2v) is 7.13. The molecule has 1 aliphatic heterocycles. The molecule has 3 nitrogen and oxygen atoms in total. The molecule has 26 heavy (non-hydrogen) atoms. The summed E-state index contributed by atoms with van der Waals surface area (Å²) >= 11 is 7.52. The Hall–Kier alpha value is -2.63. The number of cyclic esters (lactones) is 1. The van der Waals surface area contributed by atoms with Gasteiger partial charge < -0.3 is 4.74 Å². The molecule has 1 amide bonds. The van der Waals surface area contributed by atoms with Gasteiger partial charge in [0.2, 0.25) is 0 Å². The van der Waals surface area contributed by atoms with Crippen molar-refractivity contribution in [2.24, 2.45) is 0 Å². The molecule has 0 radical (unpaired) electrons. The van der Waals surface area contributed by atoms with Gasteiger partial charge in [0.1, 0.15) is 11.6 Å². The molecule has 0 bridgehead atoms. The summed E-state index contributed by atoms with van der Waals surface area (Å²) in [6, 6.07) is 16.5. The maximum Gasteiger partial charge on any atom is 0.420 e. The zero-order chi connectivity index (χ0) is 18.1. The molecule has 3 aromatic rings.